The number of rotatable bonds is 5. The molecule has 1 aromatic carbocycles. The molecule has 2 amide bonds. The first kappa shape index (κ1) is 21.3. The normalized spacial score (nSPS) is 10.4. The molecule has 0 fully saturated rings. The van der Waals surface area contributed by atoms with Crippen molar-refractivity contribution in [3.05, 3.63) is 47.0 Å². The molecule has 1 aromatic heterocycles. The molecule has 7 nitrogen and oxygen atoms in total. The minimum absolute atomic E-state index is 0.229. The van der Waals surface area contributed by atoms with Gasteiger partial charge in [-0.25, -0.2) is 14.6 Å². The minimum atomic E-state index is -0.570. The van der Waals surface area contributed by atoms with Gasteiger partial charge >= 0.3 is 12.2 Å². The van der Waals surface area contributed by atoms with Gasteiger partial charge in [0.2, 0.25) is 0 Å². The lowest BCUT2D eigenvalue weighted by Crippen LogP contribution is -2.27. The number of carbonyl (C=O) groups excluding carboxylic acids is 2. The molecule has 148 valence electrons. The van der Waals surface area contributed by atoms with E-state index >= 15 is 0 Å². The van der Waals surface area contributed by atoms with Gasteiger partial charge in [0.25, 0.3) is 0 Å². The fourth-order valence-electron chi connectivity index (χ4n) is 1.93. The highest BCUT2D eigenvalue weighted by atomic mass is 32.1. The Morgan fingerprint density at radius 1 is 1.18 bits per heavy atom. The Balaban J connectivity index is 1.67. The van der Waals surface area contributed by atoms with Crippen molar-refractivity contribution in [2.45, 2.75) is 39.4 Å². The number of benzene rings is 1. The first-order valence-electron chi connectivity index (χ1n) is 8.71. The number of hydrogen-bond acceptors (Lipinski definition) is 6. The van der Waals surface area contributed by atoms with E-state index in [-0.39, 0.29) is 6.61 Å². The zero-order valence-electron chi connectivity index (χ0n) is 16.1. The number of alkyl carbamates (subject to hydrolysis) is 1. The van der Waals surface area contributed by atoms with E-state index in [9.17, 15) is 9.59 Å². The topological polar surface area (TPSA) is 89.5 Å². The van der Waals surface area contributed by atoms with Crippen LogP contribution in [0.1, 0.15) is 37.6 Å². The Morgan fingerprint density at radius 3 is 2.64 bits per heavy atom. The van der Waals surface area contributed by atoms with Crippen molar-refractivity contribution in [2.24, 2.45) is 0 Å². The smallest absolute Gasteiger partial charge is 0.413 e. The number of carbonyl (C=O) groups is 2. The van der Waals surface area contributed by atoms with Gasteiger partial charge in [0.05, 0.1) is 11.1 Å². The molecule has 0 bridgehead atoms. The van der Waals surface area contributed by atoms with E-state index in [1.54, 1.807) is 27.0 Å². The highest BCUT2D eigenvalue weighted by Crippen LogP contribution is 2.18. The molecule has 0 radical (unpaired) electrons. The molecule has 2 rings (SSSR count). The van der Waals surface area contributed by atoms with E-state index in [1.165, 1.54) is 11.3 Å². The predicted molar refractivity (Wildman–Crippen MR) is 108 cm³/mol. The number of amides is 2. The average molecular weight is 401 g/mol. The monoisotopic (exact) mass is 401 g/mol. The van der Waals surface area contributed by atoms with Crippen LogP contribution in [0.4, 0.5) is 14.7 Å². The summed E-state index contributed by atoms with van der Waals surface area (Å²) in [5, 5.41) is 5.63. The summed E-state index contributed by atoms with van der Waals surface area (Å²) in [4.78, 5) is 28.1. The molecular weight excluding hydrogens is 378 g/mol. The largest absolute Gasteiger partial charge is 0.445 e. The summed E-state index contributed by atoms with van der Waals surface area (Å²) in [7, 11) is 0. The van der Waals surface area contributed by atoms with Gasteiger partial charge in [-0.3, -0.25) is 5.32 Å². The molecule has 2 N–H and O–H groups in total. The van der Waals surface area contributed by atoms with Gasteiger partial charge in [-0.1, -0.05) is 53.5 Å². The fourth-order valence-corrected chi connectivity index (χ4v) is 2.61. The lowest BCUT2D eigenvalue weighted by Gasteiger charge is -2.18. The molecule has 0 aliphatic rings. The third-order valence-electron chi connectivity index (χ3n) is 3.06. The van der Waals surface area contributed by atoms with Crippen molar-refractivity contribution in [1.29, 1.82) is 0 Å². The van der Waals surface area contributed by atoms with Gasteiger partial charge in [-0.2, -0.15) is 0 Å². The highest BCUT2D eigenvalue weighted by molar-refractivity contribution is 7.16. The van der Waals surface area contributed by atoms with E-state index in [1.807, 2.05) is 30.3 Å². The first-order valence-corrected chi connectivity index (χ1v) is 9.53. The molecule has 1 heterocycles. The standard InChI is InChI=1S/C20H23N3O4S/c1-20(2,3)27-19(25)23-17-22-13-16(28-17)11-7-8-12-21-18(24)26-14-15-9-5-4-6-10-15/h4-6,9-10,13H,8,12,14H2,1-3H3,(H,21,24)(H,22,23,25). The zero-order chi connectivity index (χ0) is 20.4. The second-order valence-electron chi connectivity index (χ2n) is 6.70. The molecule has 0 unspecified atom stereocenters. The van der Waals surface area contributed by atoms with Gasteiger partial charge in [0.15, 0.2) is 5.13 Å². The minimum Gasteiger partial charge on any atom is -0.445 e. The third-order valence-corrected chi connectivity index (χ3v) is 3.89. The quantitative estimate of drug-likeness (QED) is 0.580. The molecule has 0 saturated heterocycles. The van der Waals surface area contributed by atoms with Crippen LogP contribution in [-0.4, -0.2) is 29.3 Å². The number of anilines is 1. The molecule has 0 atom stereocenters. The highest BCUT2D eigenvalue weighted by Gasteiger charge is 2.17. The molecule has 0 aliphatic carbocycles. The summed E-state index contributed by atoms with van der Waals surface area (Å²) in [5.41, 5.74) is 0.359. The second kappa shape index (κ2) is 10.3. The van der Waals surface area contributed by atoms with Crippen molar-refractivity contribution in [3.8, 4) is 11.8 Å². The van der Waals surface area contributed by atoms with E-state index < -0.39 is 17.8 Å². The van der Waals surface area contributed by atoms with Crippen LogP contribution in [0.25, 0.3) is 0 Å². The number of thiazole rings is 1. The summed E-state index contributed by atoms with van der Waals surface area (Å²) in [6, 6.07) is 9.46. The lowest BCUT2D eigenvalue weighted by atomic mass is 10.2. The second-order valence-corrected chi connectivity index (χ2v) is 7.73. The van der Waals surface area contributed by atoms with Crippen LogP contribution in [-0.2, 0) is 16.1 Å². The van der Waals surface area contributed by atoms with Gasteiger partial charge in [0, 0.05) is 13.0 Å². The number of ether oxygens (including phenoxy) is 2. The van der Waals surface area contributed by atoms with Crippen molar-refractivity contribution >= 4 is 28.7 Å². The van der Waals surface area contributed by atoms with Crippen molar-refractivity contribution in [1.82, 2.24) is 10.3 Å². The Morgan fingerprint density at radius 2 is 1.93 bits per heavy atom. The molecule has 28 heavy (non-hydrogen) atoms. The van der Waals surface area contributed by atoms with Crippen molar-refractivity contribution in [3.63, 3.8) is 0 Å². The summed E-state index contributed by atoms with van der Waals surface area (Å²) in [5.74, 6) is 5.88. The summed E-state index contributed by atoms with van der Waals surface area (Å²) in [6.07, 6.45) is 1.01. The van der Waals surface area contributed by atoms with E-state index in [4.69, 9.17) is 9.47 Å². The first-order chi connectivity index (χ1) is 13.3. The number of hydrogen-bond donors (Lipinski definition) is 2. The van der Waals surface area contributed by atoms with Crippen LogP contribution in [0.15, 0.2) is 36.5 Å². The van der Waals surface area contributed by atoms with Crippen LogP contribution in [0.2, 0.25) is 0 Å². The number of nitrogens with one attached hydrogen (secondary N) is 2. The Kier molecular flexibility index (Phi) is 7.84. The van der Waals surface area contributed by atoms with E-state index in [0.717, 1.165) is 5.56 Å². The van der Waals surface area contributed by atoms with Gasteiger partial charge in [-0.05, 0) is 26.3 Å². The summed E-state index contributed by atoms with van der Waals surface area (Å²) < 4.78 is 10.3. The molecule has 2 aromatic rings. The van der Waals surface area contributed by atoms with Crippen LogP contribution in [0, 0.1) is 11.8 Å². The maximum Gasteiger partial charge on any atom is 0.413 e. The van der Waals surface area contributed by atoms with Crippen LogP contribution in [0.5, 0.6) is 0 Å². The summed E-state index contributed by atoms with van der Waals surface area (Å²) in [6.45, 7) is 5.97. The number of nitrogens with zero attached hydrogens (tertiary/aromatic N) is 1. The maximum atomic E-state index is 11.7. The Labute approximate surface area is 168 Å². The van der Waals surface area contributed by atoms with Gasteiger partial charge in [0.1, 0.15) is 12.2 Å². The Hall–Kier alpha value is -3.05. The Bertz CT molecular complexity index is 848. The lowest BCUT2D eigenvalue weighted by molar-refractivity contribution is 0.0636. The third kappa shape index (κ3) is 8.56. The molecule has 8 heteroatoms. The van der Waals surface area contributed by atoms with Gasteiger partial charge < -0.3 is 14.8 Å². The van der Waals surface area contributed by atoms with Gasteiger partial charge in [-0.15, -0.1) is 0 Å². The van der Waals surface area contributed by atoms with Crippen LogP contribution in [0.3, 0.4) is 0 Å². The molecular formula is C20H23N3O4S. The van der Waals surface area contributed by atoms with Crippen molar-refractivity contribution < 1.29 is 19.1 Å². The van der Waals surface area contributed by atoms with E-state index in [2.05, 4.69) is 27.5 Å². The van der Waals surface area contributed by atoms with E-state index in [0.29, 0.717) is 23.0 Å². The SMILES string of the molecule is CC(C)(C)OC(=O)Nc1ncc(C#CCCNC(=O)OCc2ccccc2)s1. The van der Waals surface area contributed by atoms with Crippen molar-refractivity contribution in [2.75, 3.05) is 11.9 Å². The molecule has 0 saturated carbocycles. The maximum absolute atomic E-state index is 11.7. The van der Waals surface area contributed by atoms with Crippen LogP contribution < -0.4 is 10.6 Å². The van der Waals surface area contributed by atoms with Crippen LogP contribution >= 0.6 is 11.3 Å². The number of aromatic nitrogens is 1. The fraction of sp³-hybridized carbons (Fsp3) is 0.350. The molecule has 0 spiro atoms. The molecule has 0 aliphatic heterocycles. The predicted octanol–water partition coefficient (Wildman–Crippen LogP) is 4.16. The zero-order valence-corrected chi connectivity index (χ0v) is 16.9. The average Bonchev–Trinajstić information content (AvgIpc) is 3.06. The summed E-state index contributed by atoms with van der Waals surface area (Å²) >= 11 is 1.25.